The van der Waals surface area contributed by atoms with Gasteiger partial charge in [-0.15, -0.1) is 0 Å². The van der Waals surface area contributed by atoms with Crippen molar-refractivity contribution in [2.45, 2.75) is 31.7 Å². The van der Waals surface area contributed by atoms with Crippen molar-refractivity contribution >= 4 is 22.9 Å². The lowest BCUT2D eigenvalue weighted by molar-refractivity contribution is -0.344. The summed E-state index contributed by atoms with van der Waals surface area (Å²) in [6.45, 7) is 3.44. The minimum Gasteiger partial charge on any atom is -0.394 e. The summed E-state index contributed by atoms with van der Waals surface area (Å²) in [5, 5.41) is 15.5. The molecule has 0 radical (unpaired) electrons. The van der Waals surface area contributed by atoms with Crippen LogP contribution in [0.1, 0.15) is 31.4 Å². The smallest absolute Gasteiger partial charge is 0.377 e. The maximum Gasteiger partial charge on any atom is 0.377 e. The number of carbonyl (C=O) groups is 2. The Morgan fingerprint density at radius 1 is 1.24 bits per heavy atom. The van der Waals surface area contributed by atoms with E-state index in [0.717, 1.165) is 36.1 Å². The Morgan fingerprint density at radius 2 is 1.90 bits per heavy atom. The molecule has 0 bridgehead atoms. The van der Waals surface area contributed by atoms with Crippen LogP contribution < -0.4 is 0 Å². The van der Waals surface area contributed by atoms with Crippen molar-refractivity contribution in [3.63, 3.8) is 0 Å². The van der Waals surface area contributed by atoms with Crippen molar-refractivity contribution in [1.82, 2.24) is 10.1 Å². The highest BCUT2D eigenvalue weighted by molar-refractivity contribution is 5.93. The Labute approximate surface area is 165 Å². The number of benzene rings is 1. The highest BCUT2D eigenvalue weighted by atomic mass is 19.1. The molecule has 3 heterocycles. The topological polar surface area (TPSA) is 102 Å². The molecule has 0 unspecified atom stereocenters. The first-order valence-corrected chi connectivity index (χ1v) is 9.47. The number of ether oxygens (including phenoxy) is 2. The maximum absolute atomic E-state index is 13.3. The molecule has 4 rings (SSSR count). The Morgan fingerprint density at radius 3 is 2.55 bits per heavy atom. The number of carbonyl (C=O) groups excluding carboxylic acids is 2. The van der Waals surface area contributed by atoms with Crippen LogP contribution in [0, 0.1) is 11.7 Å². The van der Waals surface area contributed by atoms with Crippen LogP contribution in [-0.2, 0) is 19.1 Å². The molecule has 9 heteroatoms. The Hall–Kier alpha value is -2.78. The Bertz CT molecular complexity index is 943. The number of halogens is 1. The zero-order chi connectivity index (χ0) is 20.6. The Balaban J connectivity index is 1.38. The van der Waals surface area contributed by atoms with Gasteiger partial charge in [0, 0.05) is 36.1 Å². The SMILES string of the molecule is C[C@@H](CN1CCC(c2noc3cc(F)ccc23)CC1)C1(O)OC(=O)C=CC(=O)O1. The number of likely N-dealkylation sites (tertiary alicyclic amines) is 1. The number of cyclic esters (lactones) is 2. The van der Waals surface area contributed by atoms with Crippen LogP contribution in [0.25, 0.3) is 11.0 Å². The van der Waals surface area contributed by atoms with Gasteiger partial charge in [0.05, 0.1) is 11.6 Å². The molecule has 1 fully saturated rings. The first kappa shape index (κ1) is 19.5. The monoisotopic (exact) mass is 404 g/mol. The second-order valence-corrected chi connectivity index (χ2v) is 7.49. The van der Waals surface area contributed by atoms with E-state index in [1.807, 2.05) is 0 Å². The molecule has 1 aromatic heterocycles. The highest BCUT2D eigenvalue weighted by Crippen LogP contribution is 2.34. The summed E-state index contributed by atoms with van der Waals surface area (Å²) >= 11 is 0. The van der Waals surface area contributed by atoms with Crippen molar-refractivity contribution in [3.8, 4) is 0 Å². The number of piperidine rings is 1. The summed E-state index contributed by atoms with van der Waals surface area (Å²) < 4.78 is 28.4. The lowest BCUT2D eigenvalue weighted by Gasteiger charge is -2.36. The number of hydrogen-bond donors (Lipinski definition) is 1. The molecule has 154 valence electrons. The summed E-state index contributed by atoms with van der Waals surface area (Å²) in [5.74, 6) is -4.81. The van der Waals surface area contributed by atoms with Gasteiger partial charge in [-0.3, -0.25) is 0 Å². The van der Waals surface area contributed by atoms with E-state index in [0.29, 0.717) is 25.2 Å². The molecule has 0 spiro atoms. The minimum atomic E-state index is -2.30. The minimum absolute atomic E-state index is 0.175. The van der Waals surface area contributed by atoms with Crippen LogP contribution in [0.5, 0.6) is 0 Å². The second kappa shape index (κ2) is 7.57. The van der Waals surface area contributed by atoms with Crippen molar-refractivity contribution < 1.29 is 33.1 Å². The van der Waals surface area contributed by atoms with Gasteiger partial charge in [-0.05, 0) is 38.1 Å². The van der Waals surface area contributed by atoms with Gasteiger partial charge in [0.2, 0.25) is 0 Å². The molecule has 0 amide bonds. The van der Waals surface area contributed by atoms with Crippen LogP contribution in [0.3, 0.4) is 0 Å². The predicted octanol–water partition coefficient (Wildman–Crippen LogP) is 2.08. The quantitative estimate of drug-likeness (QED) is 0.773. The van der Waals surface area contributed by atoms with Gasteiger partial charge >= 0.3 is 17.9 Å². The van der Waals surface area contributed by atoms with E-state index >= 15 is 0 Å². The van der Waals surface area contributed by atoms with Gasteiger partial charge in [-0.2, -0.15) is 0 Å². The second-order valence-electron chi connectivity index (χ2n) is 7.49. The normalized spacial score (nSPS) is 21.6. The number of hydrogen-bond acceptors (Lipinski definition) is 8. The summed E-state index contributed by atoms with van der Waals surface area (Å²) in [6, 6.07) is 4.40. The van der Waals surface area contributed by atoms with E-state index in [4.69, 9.17) is 14.0 Å². The average molecular weight is 404 g/mol. The largest absolute Gasteiger partial charge is 0.394 e. The van der Waals surface area contributed by atoms with Crippen LogP contribution in [0.4, 0.5) is 4.39 Å². The Kier molecular flexibility index (Phi) is 5.10. The molecule has 1 saturated heterocycles. The maximum atomic E-state index is 13.3. The molecule has 1 N–H and O–H groups in total. The molecule has 1 aromatic carbocycles. The molecule has 29 heavy (non-hydrogen) atoms. The average Bonchev–Trinajstić information content (AvgIpc) is 3.03. The van der Waals surface area contributed by atoms with Gasteiger partial charge < -0.3 is 24.0 Å². The first-order valence-electron chi connectivity index (χ1n) is 9.47. The fourth-order valence-electron chi connectivity index (χ4n) is 3.83. The molecule has 2 aliphatic heterocycles. The highest BCUT2D eigenvalue weighted by Gasteiger charge is 2.44. The number of aromatic nitrogens is 1. The third kappa shape index (κ3) is 4.01. The summed E-state index contributed by atoms with van der Waals surface area (Å²) in [5.41, 5.74) is 1.26. The molecule has 2 aliphatic rings. The van der Waals surface area contributed by atoms with Gasteiger partial charge in [-0.1, -0.05) is 12.1 Å². The summed E-state index contributed by atoms with van der Waals surface area (Å²) in [6.07, 6.45) is 3.44. The van der Waals surface area contributed by atoms with E-state index in [-0.39, 0.29) is 11.7 Å². The van der Waals surface area contributed by atoms with E-state index < -0.39 is 23.8 Å². The van der Waals surface area contributed by atoms with Gasteiger partial charge in [-0.25, -0.2) is 14.0 Å². The summed E-state index contributed by atoms with van der Waals surface area (Å²) in [7, 11) is 0. The molecule has 2 aromatic rings. The molecule has 0 saturated carbocycles. The standard InChI is InChI=1S/C20H21FN2O6/c1-12(20(26)27-17(24)4-5-18(25)28-20)11-23-8-6-13(7-9-23)19-15-3-2-14(21)10-16(15)29-22-19/h2-5,10,12-13,26H,6-9,11H2,1H3/t12-/m0/s1. The molecule has 8 nitrogen and oxygen atoms in total. The van der Waals surface area contributed by atoms with Crippen molar-refractivity contribution in [3.05, 3.63) is 41.9 Å². The molecular formula is C20H21FN2O6. The van der Waals surface area contributed by atoms with E-state index in [2.05, 4.69) is 10.1 Å². The third-order valence-corrected chi connectivity index (χ3v) is 5.44. The molecule has 0 aliphatic carbocycles. The lowest BCUT2D eigenvalue weighted by Crippen LogP contribution is -2.49. The van der Waals surface area contributed by atoms with Crippen LogP contribution in [-0.4, -0.2) is 52.7 Å². The van der Waals surface area contributed by atoms with Gasteiger partial charge in [0.25, 0.3) is 0 Å². The van der Waals surface area contributed by atoms with Crippen molar-refractivity contribution in [2.75, 3.05) is 19.6 Å². The number of fused-ring (bicyclic) bond motifs is 1. The van der Waals surface area contributed by atoms with Crippen LogP contribution in [0.2, 0.25) is 0 Å². The van der Waals surface area contributed by atoms with Crippen molar-refractivity contribution in [1.29, 1.82) is 0 Å². The van der Waals surface area contributed by atoms with E-state index in [1.54, 1.807) is 13.0 Å². The summed E-state index contributed by atoms with van der Waals surface area (Å²) in [4.78, 5) is 25.3. The van der Waals surface area contributed by atoms with Gasteiger partial charge in [0.15, 0.2) is 5.58 Å². The van der Waals surface area contributed by atoms with Crippen molar-refractivity contribution in [2.24, 2.45) is 5.92 Å². The van der Waals surface area contributed by atoms with E-state index in [9.17, 15) is 19.1 Å². The number of esters is 2. The number of aliphatic hydroxyl groups is 1. The van der Waals surface area contributed by atoms with Crippen LogP contribution in [0.15, 0.2) is 34.9 Å². The lowest BCUT2D eigenvalue weighted by atomic mass is 9.91. The first-order chi connectivity index (χ1) is 13.8. The van der Waals surface area contributed by atoms with E-state index in [1.165, 1.54) is 12.1 Å². The third-order valence-electron chi connectivity index (χ3n) is 5.44. The van der Waals surface area contributed by atoms with Gasteiger partial charge in [0.1, 0.15) is 5.82 Å². The zero-order valence-corrected chi connectivity index (χ0v) is 15.8. The number of rotatable bonds is 4. The predicted molar refractivity (Wildman–Crippen MR) is 97.8 cm³/mol. The number of nitrogens with zero attached hydrogens (tertiary/aromatic N) is 2. The molecular weight excluding hydrogens is 383 g/mol. The fourth-order valence-corrected chi connectivity index (χ4v) is 3.83. The fraction of sp³-hybridized carbons (Fsp3) is 0.450. The van der Waals surface area contributed by atoms with Crippen LogP contribution >= 0.6 is 0 Å². The zero-order valence-electron chi connectivity index (χ0n) is 15.8. The molecule has 1 atom stereocenters.